The summed E-state index contributed by atoms with van der Waals surface area (Å²) in [6.07, 6.45) is 1.87. The maximum absolute atomic E-state index is 11.6. The second kappa shape index (κ2) is 9.02. The highest BCUT2D eigenvalue weighted by Crippen LogP contribution is 2.26. The fourth-order valence-corrected chi connectivity index (χ4v) is 2.66. The van der Waals surface area contributed by atoms with Crippen molar-refractivity contribution in [3.63, 3.8) is 0 Å². The highest BCUT2D eigenvalue weighted by Gasteiger charge is 2.09. The van der Waals surface area contributed by atoms with Crippen molar-refractivity contribution in [3.8, 4) is 17.0 Å². The molecule has 2 N–H and O–H groups in total. The summed E-state index contributed by atoms with van der Waals surface area (Å²) in [4.78, 5) is 26.4. The quantitative estimate of drug-likeness (QED) is 0.673. The number of amides is 1. The maximum Gasteiger partial charge on any atom is 0.303 e. The molecule has 0 spiro atoms. The van der Waals surface area contributed by atoms with Gasteiger partial charge >= 0.3 is 5.97 Å². The molecular formula is C17H20N2O4S. The molecule has 0 bridgehead atoms. The molecule has 1 heterocycles. The fraction of sp³-hybridized carbons (Fsp3) is 0.353. The Hall–Kier alpha value is -2.41. The van der Waals surface area contributed by atoms with E-state index in [0.717, 1.165) is 29.8 Å². The molecule has 0 saturated heterocycles. The molecule has 1 aromatic heterocycles. The lowest BCUT2D eigenvalue weighted by atomic mass is 10.2. The molecule has 6 nitrogen and oxygen atoms in total. The first-order valence-electron chi connectivity index (χ1n) is 7.79. The van der Waals surface area contributed by atoms with Crippen molar-refractivity contribution in [2.24, 2.45) is 0 Å². The standard InChI is InChI=1S/C17H20N2O4S/c1-2-3-10-23-13-6-4-12(5-7-13)14-11-24-17(18-14)19-15(20)8-9-16(21)22/h4-7,11H,2-3,8-10H2,1H3,(H,21,22)(H,18,19,20). The summed E-state index contributed by atoms with van der Waals surface area (Å²) >= 11 is 1.31. The third-order valence-corrected chi connectivity index (χ3v) is 3.99. The number of aromatic nitrogens is 1. The number of carbonyl (C=O) groups is 2. The number of unbranched alkanes of at least 4 members (excludes halogenated alkanes) is 1. The van der Waals surface area contributed by atoms with Gasteiger partial charge in [-0.1, -0.05) is 13.3 Å². The topological polar surface area (TPSA) is 88.5 Å². The molecule has 0 aliphatic heterocycles. The van der Waals surface area contributed by atoms with Gasteiger partial charge in [0.2, 0.25) is 5.91 Å². The third kappa shape index (κ3) is 5.66. The van der Waals surface area contributed by atoms with Crippen LogP contribution in [0.5, 0.6) is 5.75 Å². The zero-order valence-electron chi connectivity index (χ0n) is 13.4. The zero-order chi connectivity index (χ0) is 17.4. The van der Waals surface area contributed by atoms with E-state index >= 15 is 0 Å². The van der Waals surface area contributed by atoms with Gasteiger partial charge in [0.25, 0.3) is 0 Å². The molecular weight excluding hydrogens is 328 g/mol. The van der Waals surface area contributed by atoms with Crippen LogP contribution in [-0.2, 0) is 9.59 Å². The number of carbonyl (C=O) groups excluding carboxylic acids is 1. The van der Waals surface area contributed by atoms with E-state index in [1.807, 2.05) is 29.6 Å². The van der Waals surface area contributed by atoms with Crippen LogP contribution in [0, 0.1) is 0 Å². The molecule has 7 heteroatoms. The Bertz CT molecular complexity index is 682. The average molecular weight is 348 g/mol. The molecule has 24 heavy (non-hydrogen) atoms. The van der Waals surface area contributed by atoms with Gasteiger partial charge in [-0.25, -0.2) is 4.98 Å². The van der Waals surface area contributed by atoms with E-state index in [0.29, 0.717) is 11.7 Å². The summed E-state index contributed by atoms with van der Waals surface area (Å²) in [6.45, 7) is 2.83. The minimum atomic E-state index is -0.994. The number of aliphatic carboxylic acids is 1. The summed E-state index contributed by atoms with van der Waals surface area (Å²) in [5, 5.41) is 13.5. The molecule has 0 saturated carbocycles. The largest absolute Gasteiger partial charge is 0.494 e. The van der Waals surface area contributed by atoms with E-state index < -0.39 is 5.97 Å². The SMILES string of the molecule is CCCCOc1ccc(-c2csc(NC(=O)CCC(=O)O)n2)cc1. The maximum atomic E-state index is 11.6. The van der Waals surface area contributed by atoms with Crippen molar-refractivity contribution in [3.05, 3.63) is 29.6 Å². The predicted molar refractivity (Wildman–Crippen MR) is 93.5 cm³/mol. The lowest BCUT2D eigenvalue weighted by molar-refractivity contribution is -0.138. The molecule has 2 aromatic rings. The van der Waals surface area contributed by atoms with Crippen LogP contribution in [0.1, 0.15) is 32.6 Å². The van der Waals surface area contributed by atoms with E-state index in [1.165, 1.54) is 11.3 Å². The summed E-state index contributed by atoms with van der Waals surface area (Å²) < 4.78 is 5.62. The van der Waals surface area contributed by atoms with Gasteiger partial charge in [-0.05, 0) is 30.7 Å². The number of nitrogens with zero attached hydrogens (tertiary/aromatic N) is 1. The van der Waals surface area contributed by atoms with Gasteiger partial charge in [-0.3, -0.25) is 9.59 Å². The average Bonchev–Trinajstić information content (AvgIpc) is 3.02. The number of nitrogens with one attached hydrogen (secondary N) is 1. The van der Waals surface area contributed by atoms with Gasteiger partial charge in [0.15, 0.2) is 5.13 Å². The summed E-state index contributed by atoms with van der Waals surface area (Å²) in [5.41, 5.74) is 1.69. The van der Waals surface area contributed by atoms with Gasteiger partial charge in [0.1, 0.15) is 5.75 Å². The molecule has 0 fully saturated rings. The van der Waals surface area contributed by atoms with Crippen LogP contribution in [0.25, 0.3) is 11.3 Å². The van der Waals surface area contributed by atoms with Crippen molar-refractivity contribution >= 4 is 28.3 Å². The lowest BCUT2D eigenvalue weighted by Gasteiger charge is -2.05. The highest BCUT2D eigenvalue weighted by atomic mass is 32.1. The fourth-order valence-electron chi connectivity index (χ4n) is 1.92. The Morgan fingerprint density at radius 2 is 2.00 bits per heavy atom. The van der Waals surface area contributed by atoms with Crippen molar-refractivity contribution in [2.45, 2.75) is 32.6 Å². The molecule has 0 atom stereocenters. The predicted octanol–water partition coefficient (Wildman–Crippen LogP) is 3.79. The van der Waals surface area contributed by atoms with Crippen LogP contribution in [-0.4, -0.2) is 28.6 Å². The summed E-state index contributed by atoms with van der Waals surface area (Å²) in [7, 11) is 0. The minimum Gasteiger partial charge on any atom is -0.494 e. The molecule has 128 valence electrons. The number of hydrogen-bond donors (Lipinski definition) is 2. The number of hydrogen-bond acceptors (Lipinski definition) is 5. The number of anilines is 1. The Morgan fingerprint density at radius 1 is 1.25 bits per heavy atom. The van der Waals surface area contributed by atoms with Crippen molar-refractivity contribution in [1.82, 2.24) is 4.98 Å². The van der Waals surface area contributed by atoms with Gasteiger partial charge in [-0.15, -0.1) is 11.3 Å². The van der Waals surface area contributed by atoms with E-state index in [9.17, 15) is 9.59 Å². The first kappa shape index (κ1) is 17.9. The molecule has 1 aromatic carbocycles. The van der Waals surface area contributed by atoms with Crippen LogP contribution < -0.4 is 10.1 Å². The normalized spacial score (nSPS) is 10.4. The molecule has 0 unspecified atom stereocenters. The van der Waals surface area contributed by atoms with Crippen molar-refractivity contribution in [1.29, 1.82) is 0 Å². The molecule has 2 rings (SSSR count). The van der Waals surface area contributed by atoms with Crippen LogP contribution in [0.2, 0.25) is 0 Å². The monoisotopic (exact) mass is 348 g/mol. The van der Waals surface area contributed by atoms with Gasteiger partial charge in [0, 0.05) is 17.4 Å². The van der Waals surface area contributed by atoms with Crippen molar-refractivity contribution in [2.75, 3.05) is 11.9 Å². The minimum absolute atomic E-state index is 0.0615. The van der Waals surface area contributed by atoms with Gasteiger partial charge in [-0.2, -0.15) is 0 Å². The van der Waals surface area contributed by atoms with E-state index in [2.05, 4.69) is 17.2 Å². The second-order valence-corrected chi connectivity index (χ2v) is 6.06. The molecule has 0 aliphatic rings. The molecule has 0 aliphatic carbocycles. The highest BCUT2D eigenvalue weighted by molar-refractivity contribution is 7.14. The summed E-state index contributed by atoms with van der Waals surface area (Å²) in [5.74, 6) is -0.520. The molecule has 0 radical (unpaired) electrons. The number of ether oxygens (including phenoxy) is 1. The van der Waals surface area contributed by atoms with Crippen LogP contribution in [0.4, 0.5) is 5.13 Å². The first-order valence-corrected chi connectivity index (χ1v) is 8.67. The van der Waals surface area contributed by atoms with Crippen LogP contribution in [0.15, 0.2) is 29.6 Å². The van der Waals surface area contributed by atoms with Crippen LogP contribution in [0.3, 0.4) is 0 Å². The second-order valence-electron chi connectivity index (χ2n) is 5.21. The summed E-state index contributed by atoms with van der Waals surface area (Å²) in [6, 6.07) is 7.64. The van der Waals surface area contributed by atoms with E-state index in [-0.39, 0.29) is 18.7 Å². The lowest BCUT2D eigenvalue weighted by Crippen LogP contribution is -2.12. The van der Waals surface area contributed by atoms with Gasteiger partial charge < -0.3 is 15.2 Å². The Balaban J connectivity index is 1.92. The number of thiazole rings is 1. The van der Waals surface area contributed by atoms with Crippen molar-refractivity contribution < 1.29 is 19.4 Å². The number of rotatable bonds is 9. The number of carboxylic acids is 1. The van der Waals surface area contributed by atoms with E-state index in [1.54, 1.807) is 0 Å². The van der Waals surface area contributed by atoms with Gasteiger partial charge in [0.05, 0.1) is 18.7 Å². The third-order valence-electron chi connectivity index (χ3n) is 3.23. The Kier molecular flexibility index (Phi) is 6.74. The first-order chi connectivity index (χ1) is 11.6. The number of carboxylic acid groups (broad SMARTS) is 1. The number of benzene rings is 1. The van der Waals surface area contributed by atoms with Crippen LogP contribution >= 0.6 is 11.3 Å². The Morgan fingerprint density at radius 3 is 2.67 bits per heavy atom. The Labute approximate surface area is 144 Å². The zero-order valence-corrected chi connectivity index (χ0v) is 14.3. The molecule has 1 amide bonds. The smallest absolute Gasteiger partial charge is 0.303 e. The van der Waals surface area contributed by atoms with E-state index in [4.69, 9.17) is 9.84 Å².